The molecule has 2 nitrogen and oxygen atoms in total. The van der Waals surface area contributed by atoms with Gasteiger partial charge in [-0.15, -0.1) is 11.3 Å². The van der Waals surface area contributed by atoms with Crippen molar-refractivity contribution in [3.8, 4) is 11.1 Å². The first-order valence-electron chi connectivity index (χ1n) is 10.4. The van der Waals surface area contributed by atoms with Gasteiger partial charge in [-0.05, 0) is 63.2 Å². The Bertz CT molecular complexity index is 1060. The Morgan fingerprint density at radius 3 is 2.38 bits per heavy atom. The highest BCUT2D eigenvalue weighted by Crippen LogP contribution is 2.39. The molecule has 0 amide bonds. The van der Waals surface area contributed by atoms with Crippen LogP contribution < -0.4 is 5.46 Å². The highest BCUT2D eigenvalue weighted by atomic mass is 32.1. The smallest absolute Gasteiger partial charge is 0.399 e. The number of hydrogen-bond acceptors (Lipinski definition) is 3. The van der Waals surface area contributed by atoms with E-state index in [-0.39, 0.29) is 18.3 Å². The van der Waals surface area contributed by atoms with Crippen molar-refractivity contribution < 1.29 is 9.31 Å². The molecule has 0 saturated carbocycles. The Hall–Kier alpha value is -1.88. The zero-order valence-electron chi connectivity index (χ0n) is 18.2. The minimum Gasteiger partial charge on any atom is -0.399 e. The highest BCUT2D eigenvalue weighted by molar-refractivity contribution is 7.20. The third kappa shape index (κ3) is 3.59. The maximum absolute atomic E-state index is 6.27. The number of hydrogen-bond donors (Lipinski definition) is 0. The SMILES string of the molecule is CC/C=C\c1c(C)sc2c(-c3cccc(B4OC(C)(C)C(C)(C)O4)c3)cccc12. The molecule has 4 heteroatoms. The third-order valence-corrected chi connectivity index (χ3v) is 7.35. The van der Waals surface area contributed by atoms with Gasteiger partial charge >= 0.3 is 7.12 Å². The van der Waals surface area contributed by atoms with E-state index < -0.39 is 0 Å². The fraction of sp³-hybridized carbons (Fsp3) is 0.360. The molecule has 150 valence electrons. The lowest BCUT2D eigenvalue weighted by Gasteiger charge is -2.32. The van der Waals surface area contributed by atoms with Crippen molar-refractivity contribution in [2.24, 2.45) is 0 Å². The van der Waals surface area contributed by atoms with Crippen LogP contribution in [-0.2, 0) is 9.31 Å². The van der Waals surface area contributed by atoms with Crippen LogP contribution in [0.25, 0.3) is 27.3 Å². The number of thiophene rings is 1. The summed E-state index contributed by atoms with van der Waals surface area (Å²) in [6.45, 7) is 12.8. The molecule has 1 aliphatic heterocycles. The maximum atomic E-state index is 6.27. The van der Waals surface area contributed by atoms with Gasteiger partial charge in [-0.3, -0.25) is 0 Å². The van der Waals surface area contributed by atoms with Gasteiger partial charge in [0, 0.05) is 15.0 Å². The number of allylic oxidation sites excluding steroid dienone is 1. The van der Waals surface area contributed by atoms with E-state index in [9.17, 15) is 0 Å². The number of fused-ring (bicyclic) bond motifs is 1. The fourth-order valence-electron chi connectivity index (χ4n) is 3.76. The summed E-state index contributed by atoms with van der Waals surface area (Å²) in [6.07, 6.45) is 5.55. The second-order valence-electron chi connectivity index (χ2n) is 8.78. The van der Waals surface area contributed by atoms with E-state index in [0.29, 0.717) is 0 Å². The molecule has 1 fully saturated rings. The molecule has 2 aromatic carbocycles. The molecule has 0 aliphatic carbocycles. The normalized spacial score (nSPS) is 18.2. The van der Waals surface area contributed by atoms with Crippen molar-refractivity contribution in [1.82, 2.24) is 0 Å². The van der Waals surface area contributed by atoms with Crippen LogP contribution in [0.3, 0.4) is 0 Å². The van der Waals surface area contributed by atoms with E-state index in [1.54, 1.807) is 0 Å². The minimum atomic E-state index is -0.340. The number of aryl methyl sites for hydroxylation is 1. The summed E-state index contributed by atoms with van der Waals surface area (Å²) in [7, 11) is -0.340. The summed E-state index contributed by atoms with van der Waals surface area (Å²) in [6, 6.07) is 15.2. The Balaban J connectivity index is 1.76. The van der Waals surface area contributed by atoms with Crippen LogP contribution in [0, 0.1) is 6.92 Å². The molecular weight excluding hydrogens is 375 g/mol. The van der Waals surface area contributed by atoms with Crippen molar-refractivity contribution in [2.75, 3.05) is 0 Å². The zero-order chi connectivity index (χ0) is 20.8. The summed E-state index contributed by atoms with van der Waals surface area (Å²) in [5.41, 5.74) is 4.21. The van der Waals surface area contributed by atoms with Gasteiger partial charge in [-0.25, -0.2) is 0 Å². The topological polar surface area (TPSA) is 18.5 Å². The molecule has 0 spiro atoms. The summed E-state index contributed by atoms with van der Waals surface area (Å²) in [5.74, 6) is 0. The summed E-state index contributed by atoms with van der Waals surface area (Å²) < 4.78 is 13.9. The van der Waals surface area contributed by atoms with Crippen LogP contribution >= 0.6 is 11.3 Å². The molecular formula is C25H29BO2S. The standard InChI is InChI=1S/C25H29BO2S/c1-7-8-13-20-17(2)29-23-21(14-10-15-22(20)23)18-11-9-12-19(16-18)26-27-24(3,4)25(5,6)28-26/h8-16H,7H2,1-6H3/b13-8-. The fourth-order valence-corrected chi connectivity index (χ4v) is 4.94. The largest absolute Gasteiger partial charge is 0.494 e. The molecule has 29 heavy (non-hydrogen) atoms. The molecule has 3 aromatic rings. The Morgan fingerprint density at radius 2 is 1.69 bits per heavy atom. The second kappa shape index (κ2) is 7.43. The van der Waals surface area contributed by atoms with Crippen molar-refractivity contribution in [1.29, 1.82) is 0 Å². The average Bonchev–Trinajstić information content (AvgIpc) is 3.11. The van der Waals surface area contributed by atoms with Crippen LogP contribution in [0.5, 0.6) is 0 Å². The lowest BCUT2D eigenvalue weighted by atomic mass is 9.78. The van der Waals surface area contributed by atoms with Gasteiger partial charge in [0.2, 0.25) is 0 Å². The molecule has 0 unspecified atom stereocenters. The van der Waals surface area contributed by atoms with E-state index in [1.807, 2.05) is 11.3 Å². The number of benzene rings is 2. The van der Waals surface area contributed by atoms with Crippen molar-refractivity contribution in [3.63, 3.8) is 0 Å². The predicted molar refractivity (Wildman–Crippen MR) is 127 cm³/mol. The second-order valence-corrected chi connectivity index (χ2v) is 10.0. The van der Waals surface area contributed by atoms with Gasteiger partial charge in [0.15, 0.2) is 0 Å². The van der Waals surface area contributed by atoms with Crippen LogP contribution in [0.15, 0.2) is 48.5 Å². The highest BCUT2D eigenvalue weighted by Gasteiger charge is 2.51. The molecule has 1 aromatic heterocycles. The monoisotopic (exact) mass is 404 g/mol. The zero-order valence-corrected chi connectivity index (χ0v) is 19.0. The first-order chi connectivity index (χ1) is 13.7. The first-order valence-corrected chi connectivity index (χ1v) is 11.2. The van der Waals surface area contributed by atoms with E-state index >= 15 is 0 Å². The first kappa shape index (κ1) is 20.4. The lowest BCUT2D eigenvalue weighted by molar-refractivity contribution is 0.00578. The Morgan fingerprint density at radius 1 is 1.00 bits per heavy atom. The van der Waals surface area contributed by atoms with Gasteiger partial charge in [0.25, 0.3) is 0 Å². The predicted octanol–water partition coefficient (Wildman–Crippen LogP) is 6.60. The van der Waals surface area contributed by atoms with Crippen LogP contribution in [-0.4, -0.2) is 18.3 Å². The van der Waals surface area contributed by atoms with Gasteiger partial charge in [0.05, 0.1) is 11.2 Å². The number of rotatable bonds is 4. The van der Waals surface area contributed by atoms with E-state index in [1.165, 1.54) is 31.7 Å². The summed E-state index contributed by atoms with van der Waals surface area (Å²) in [4.78, 5) is 1.36. The Kier molecular flexibility index (Phi) is 5.22. The van der Waals surface area contributed by atoms with Gasteiger partial charge in [0.1, 0.15) is 0 Å². The molecule has 0 atom stereocenters. The van der Waals surface area contributed by atoms with Gasteiger partial charge in [-0.1, -0.05) is 61.5 Å². The van der Waals surface area contributed by atoms with Crippen LogP contribution in [0.2, 0.25) is 0 Å². The molecule has 4 rings (SSSR count). The molecule has 0 bridgehead atoms. The minimum absolute atomic E-state index is 0.334. The summed E-state index contributed by atoms with van der Waals surface area (Å²) in [5, 5.41) is 1.33. The van der Waals surface area contributed by atoms with Crippen LogP contribution in [0.1, 0.15) is 51.5 Å². The maximum Gasteiger partial charge on any atom is 0.494 e. The average molecular weight is 404 g/mol. The van der Waals surface area contributed by atoms with Crippen LogP contribution in [0.4, 0.5) is 0 Å². The Labute approximate surface area is 178 Å². The molecule has 0 radical (unpaired) electrons. The van der Waals surface area contributed by atoms with Crippen molar-refractivity contribution in [3.05, 3.63) is 59.0 Å². The van der Waals surface area contributed by atoms with Crippen molar-refractivity contribution >= 4 is 40.1 Å². The summed E-state index contributed by atoms with van der Waals surface area (Å²) >= 11 is 1.87. The quantitative estimate of drug-likeness (QED) is 0.456. The molecule has 2 heterocycles. The van der Waals surface area contributed by atoms with E-state index in [2.05, 4.69) is 96.2 Å². The van der Waals surface area contributed by atoms with Gasteiger partial charge < -0.3 is 9.31 Å². The lowest BCUT2D eigenvalue weighted by Crippen LogP contribution is -2.41. The van der Waals surface area contributed by atoms with Gasteiger partial charge in [-0.2, -0.15) is 0 Å². The van der Waals surface area contributed by atoms with E-state index in [0.717, 1.165) is 11.9 Å². The van der Waals surface area contributed by atoms with E-state index in [4.69, 9.17) is 9.31 Å². The molecule has 1 saturated heterocycles. The van der Waals surface area contributed by atoms with Crippen molar-refractivity contribution in [2.45, 2.75) is 59.2 Å². The third-order valence-electron chi connectivity index (χ3n) is 6.18. The molecule has 1 aliphatic rings. The molecule has 0 N–H and O–H groups in total.